The van der Waals surface area contributed by atoms with Gasteiger partial charge in [0.15, 0.2) is 0 Å². The van der Waals surface area contributed by atoms with Crippen LogP contribution in [0.15, 0.2) is 24.4 Å². The van der Waals surface area contributed by atoms with Crippen LogP contribution >= 0.6 is 0 Å². The van der Waals surface area contributed by atoms with Crippen molar-refractivity contribution in [2.45, 2.75) is 12.6 Å². The number of carbonyl (C=O) groups excluding carboxylic acids is 2. The third-order valence-corrected chi connectivity index (χ3v) is 4.51. The maximum Gasteiger partial charge on any atom is 0.421 e. The molecule has 3 N–H and O–H groups in total. The molecule has 12 heteroatoms. The molecule has 0 saturated carbocycles. The Labute approximate surface area is 176 Å². The van der Waals surface area contributed by atoms with Crippen LogP contribution in [-0.4, -0.2) is 60.5 Å². The van der Waals surface area contributed by atoms with Crippen LogP contribution in [0.1, 0.15) is 11.1 Å². The Morgan fingerprint density at radius 3 is 2.84 bits per heavy atom. The molecule has 2 heterocycles. The van der Waals surface area contributed by atoms with Crippen molar-refractivity contribution >= 4 is 35.0 Å². The van der Waals surface area contributed by atoms with E-state index in [-0.39, 0.29) is 43.9 Å². The van der Waals surface area contributed by atoms with E-state index in [9.17, 15) is 22.8 Å². The Balaban J connectivity index is 1.74. The van der Waals surface area contributed by atoms with Crippen LogP contribution in [-0.2, 0) is 26.9 Å². The molecule has 1 aromatic heterocycles. The number of hydrogen-bond acceptors (Lipinski definition) is 7. The fourth-order valence-electron chi connectivity index (χ4n) is 2.92. The minimum Gasteiger partial charge on any atom is -0.375 e. The van der Waals surface area contributed by atoms with Crippen LogP contribution in [0, 0.1) is 0 Å². The molecule has 31 heavy (non-hydrogen) atoms. The third-order valence-electron chi connectivity index (χ3n) is 4.51. The zero-order chi connectivity index (χ0) is 22.6. The summed E-state index contributed by atoms with van der Waals surface area (Å²) in [5, 5.41) is 8.17. The lowest BCUT2D eigenvalue weighted by molar-refractivity contribution is -0.137. The van der Waals surface area contributed by atoms with Gasteiger partial charge in [0.25, 0.3) is 0 Å². The number of ether oxygens (including phenoxy) is 1. The van der Waals surface area contributed by atoms with Crippen LogP contribution in [0.25, 0.3) is 0 Å². The van der Waals surface area contributed by atoms with Gasteiger partial charge in [0.2, 0.25) is 17.8 Å². The molecule has 0 aliphatic carbocycles. The van der Waals surface area contributed by atoms with Crippen LogP contribution < -0.4 is 16.0 Å². The molecule has 3 rings (SSSR count). The van der Waals surface area contributed by atoms with E-state index in [1.165, 1.54) is 19.1 Å². The lowest BCUT2D eigenvalue weighted by Gasteiger charge is -2.19. The number of anilines is 4. The van der Waals surface area contributed by atoms with Crippen molar-refractivity contribution in [1.82, 2.24) is 14.9 Å². The van der Waals surface area contributed by atoms with E-state index in [0.717, 1.165) is 5.56 Å². The SMILES string of the molecule is COCC(=O)N(C)CCNc1nc(Nc2ccc3c(c2)CC(=O)N3)ncc1C(F)(F)F. The van der Waals surface area contributed by atoms with E-state index in [1.807, 2.05) is 0 Å². The van der Waals surface area contributed by atoms with Gasteiger partial charge in [-0.3, -0.25) is 9.59 Å². The molecule has 0 atom stereocenters. The summed E-state index contributed by atoms with van der Waals surface area (Å²) in [4.78, 5) is 32.2. The number of nitrogens with zero attached hydrogens (tertiary/aromatic N) is 3. The summed E-state index contributed by atoms with van der Waals surface area (Å²) in [6, 6.07) is 5.06. The number of likely N-dealkylation sites (N-methyl/N-ethyl adjacent to an activating group) is 1. The van der Waals surface area contributed by atoms with Crippen LogP contribution in [0.2, 0.25) is 0 Å². The first-order valence-corrected chi connectivity index (χ1v) is 9.28. The molecule has 0 spiro atoms. The molecule has 1 aliphatic rings. The largest absolute Gasteiger partial charge is 0.421 e. The molecule has 0 saturated heterocycles. The van der Waals surface area contributed by atoms with Crippen LogP contribution in [0.3, 0.4) is 0 Å². The van der Waals surface area contributed by atoms with E-state index in [4.69, 9.17) is 4.74 Å². The van der Waals surface area contributed by atoms with Crippen LogP contribution in [0.5, 0.6) is 0 Å². The molecular formula is C19H21F3N6O3. The predicted octanol–water partition coefficient (Wildman–Crippen LogP) is 2.25. The zero-order valence-electron chi connectivity index (χ0n) is 16.8. The Kier molecular flexibility index (Phi) is 6.59. The second-order valence-corrected chi connectivity index (χ2v) is 6.85. The monoisotopic (exact) mass is 438 g/mol. The third kappa shape index (κ3) is 5.60. The van der Waals surface area contributed by atoms with Gasteiger partial charge in [0, 0.05) is 44.8 Å². The number of fused-ring (bicyclic) bond motifs is 1. The molecular weight excluding hydrogens is 417 g/mol. The molecule has 0 bridgehead atoms. The summed E-state index contributed by atoms with van der Waals surface area (Å²) >= 11 is 0. The lowest BCUT2D eigenvalue weighted by atomic mass is 10.1. The molecule has 1 aliphatic heterocycles. The normalized spacial score (nSPS) is 12.9. The average Bonchev–Trinajstić information content (AvgIpc) is 3.06. The Bertz CT molecular complexity index is 983. The molecule has 2 amide bonds. The number of amides is 2. The minimum absolute atomic E-state index is 0.0398. The van der Waals surface area contributed by atoms with Crippen molar-refractivity contribution in [2.75, 3.05) is 49.8 Å². The van der Waals surface area contributed by atoms with E-state index >= 15 is 0 Å². The first-order chi connectivity index (χ1) is 14.7. The molecule has 2 aromatic rings. The van der Waals surface area contributed by atoms with Crippen molar-refractivity contribution in [3.63, 3.8) is 0 Å². The van der Waals surface area contributed by atoms with Gasteiger partial charge in [-0.2, -0.15) is 18.2 Å². The summed E-state index contributed by atoms with van der Waals surface area (Å²) in [5.74, 6) is -0.875. The number of methoxy groups -OCH3 is 1. The molecule has 0 fully saturated rings. The maximum absolute atomic E-state index is 13.3. The number of aromatic nitrogens is 2. The van der Waals surface area contributed by atoms with E-state index in [1.54, 1.807) is 18.2 Å². The number of carbonyl (C=O) groups is 2. The highest BCUT2D eigenvalue weighted by molar-refractivity contribution is 5.99. The van der Waals surface area contributed by atoms with Gasteiger partial charge in [-0.1, -0.05) is 0 Å². The van der Waals surface area contributed by atoms with E-state index in [0.29, 0.717) is 17.6 Å². The van der Waals surface area contributed by atoms with Crippen molar-refractivity contribution in [3.05, 3.63) is 35.5 Å². The van der Waals surface area contributed by atoms with Crippen molar-refractivity contribution in [3.8, 4) is 0 Å². The van der Waals surface area contributed by atoms with E-state index < -0.39 is 17.6 Å². The van der Waals surface area contributed by atoms with Gasteiger partial charge in [0.1, 0.15) is 18.0 Å². The Morgan fingerprint density at radius 1 is 1.35 bits per heavy atom. The highest BCUT2D eigenvalue weighted by Gasteiger charge is 2.35. The Morgan fingerprint density at radius 2 is 2.13 bits per heavy atom. The molecule has 166 valence electrons. The quantitative estimate of drug-likeness (QED) is 0.580. The van der Waals surface area contributed by atoms with Crippen LogP contribution in [0.4, 0.5) is 36.3 Å². The molecule has 0 unspecified atom stereocenters. The molecule has 1 aromatic carbocycles. The number of benzene rings is 1. The molecule has 0 radical (unpaired) electrons. The maximum atomic E-state index is 13.3. The number of halogens is 3. The van der Waals surface area contributed by atoms with Gasteiger partial charge in [-0.15, -0.1) is 0 Å². The summed E-state index contributed by atoms with van der Waals surface area (Å²) in [7, 11) is 2.90. The fraction of sp³-hybridized carbons (Fsp3) is 0.368. The highest BCUT2D eigenvalue weighted by atomic mass is 19.4. The number of nitrogens with one attached hydrogen (secondary N) is 3. The van der Waals surface area contributed by atoms with Gasteiger partial charge in [-0.25, -0.2) is 4.98 Å². The predicted molar refractivity (Wildman–Crippen MR) is 107 cm³/mol. The minimum atomic E-state index is -4.65. The standard InChI is InChI=1S/C19H21F3N6O3/c1-28(16(30)10-31-2)6-5-23-17-13(19(20,21)22)9-24-18(27-17)25-12-3-4-14-11(7-12)8-15(29)26-14/h3-4,7,9H,5-6,8,10H2,1-2H3,(H,26,29)(H2,23,24,25,27). The summed E-state index contributed by atoms with van der Waals surface area (Å²) in [5.41, 5.74) is 0.973. The van der Waals surface area contributed by atoms with Gasteiger partial charge in [-0.05, 0) is 23.8 Å². The topological polar surface area (TPSA) is 108 Å². The second-order valence-electron chi connectivity index (χ2n) is 6.85. The fourth-order valence-corrected chi connectivity index (χ4v) is 2.92. The Hall–Kier alpha value is -3.41. The van der Waals surface area contributed by atoms with Gasteiger partial charge >= 0.3 is 6.18 Å². The summed E-state index contributed by atoms with van der Waals surface area (Å²) < 4.78 is 44.8. The lowest BCUT2D eigenvalue weighted by Crippen LogP contribution is -2.34. The van der Waals surface area contributed by atoms with Gasteiger partial charge < -0.3 is 25.6 Å². The smallest absolute Gasteiger partial charge is 0.375 e. The first-order valence-electron chi connectivity index (χ1n) is 9.28. The van der Waals surface area contributed by atoms with Gasteiger partial charge in [0.05, 0.1) is 6.42 Å². The first kappa shape index (κ1) is 22.3. The summed E-state index contributed by atoms with van der Waals surface area (Å²) in [6.45, 7) is 0.0734. The second kappa shape index (κ2) is 9.16. The highest BCUT2D eigenvalue weighted by Crippen LogP contribution is 2.34. The average molecular weight is 438 g/mol. The van der Waals surface area contributed by atoms with E-state index in [2.05, 4.69) is 25.9 Å². The number of rotatable bonds is 8. The molecule has 9 nitrogen and oxygen atoms in total. The van der Waals surface area contributed by atoms with Crippen molar-refractivity contribution in [2.24, 2.45) is 0 Å². The summed E-state index contributed by atoms with van der Waals surface area (Å²) in [6.07, 6.45) is -3.74. The number of alkyl halides is 3. The van der Waals surface area contributed by atoms with Crippen molar-refractivity contribution < 1.29 is 27.5 Å². The number of hydrogen-bond donors (Lipinski definition) is 3. The zero-order valence-corrected chi connectivity index (χ0v) is 16.8. The van der Waals surface area contributed by atoms with Crippen molar-refractivity contribution in [1.29, 1.82) is 0 Å².